The fraction of sp³-hybridized carbons (Fsp3) is 0.400. The zero-order chi connectivity index (χ0) is 30.8. The normalized spacial score (nSPS) is 16.1. The second kappa shape index (κ2) is 14.9. The first-order valence-corrected chi connectivity index (χ1v) is 13.6. The van der Waals surface area contributed by atoms with E-state index in [1.54, 1.807) is 36.4 Å². The molecule has 0 bridgehead atoms. The molecular weight excluding hydrogens is 562 g/mol. The summed E-state index contributed by atoms with van der Waals surface area (Å²) >= 11 is 0. The van der Waals surface area contributed by atoms with Crippen molar-refractivity contribution < 1.29 is 35.9 Å². The molecule has 0 aliphatic carbocycles. The third-order valence-corrected chi connectivity index (χ3v) is 6.73. The molecule has 42 heavy (non-hydrogen) atoms. The quantitative estimate of drug-likeness (QED) is 0.206. The van der Waals surface area contributed by atoms with Gasteiger partial charge in [0, 0.05) is 31.4 Å². The van der Waals surface area contributed by atoms with E-state index in [0.29, 0.717) is 43.8 Å². The molecule has 3 amide bonds. The third kappa shape index (κ3) is 10.2. The van der Waals surface area contributed by atoms with Crippen molar-refractivity contribution in [1.82, 2.24) is 15.5 Å². The fourth-order valence-corrected chi connectivity index (χ4v) is 4.58. The van der Waals surface area contributed by atoms with E-state index in [1.165, 1.54) is 0 Å². The van der Waals surface area contributed by atoms with Gasteiger partial charge in [-0.3, -0.25) is 9.69 Å². The molecule has 6 nitrogen and oxygen atoms in total. The number of alkyl halides is 6. The fourth-order valence-electron chi connectivity index (χ4n) is 4.58. The topological polar surface area (TPSA) is 73.5 Å². The van der Waals surface area contributed by atoms with Crippen molar-refractivity contribution in [2.24, 2.45) is 0 Å². The largest absolute Gasteiger partial charge is 0.416 e. The minimum atomic E-state index is -4.98. The summed E-state index contributed by atoms with van der Waals surface area (Å²) in [6.45, 7) is 2.37. The number of benzene rings is 2. The summed E-state index contributed by atoms with van der Waals surface area (Å²) in [6.07, 6.45) is -0.415. The van der Waals surface area contributed by atoms with Gasteiger partial charge < -0.3 is 16.0 Å². The van der Waals surface area contributed by atoms with E-state index in [1.807, 2.05) is 30.0 Å². The number of amides is 3. The van der Waals surface area contributed by atoms with Gasteiger partial charge in [0.05, 0.1) is 17.2 Å². The zero-order valence-corrected chi connectivity index (χ0v) is 23.1. The van der Waals surface area contributed by atoms with E-state index in [4.69, 9.17) is 0 Å². The van der Waals surface area contributed by atoms with Crippen molar-refractivity contribution in [2.45, 2.75) is 63.6 Å². The highest BCUT2D eigenvalue weighted by atomic mass is 19.4. The molecule has 0 spiro atoms. The van der Waals surface area contributed by atoms with Crippen molar-refractivity contribution in [1.29, 1.82) is 0 Å². The monoisotopic (exact) mass is 596 g/mol. The maximum atomic E-state index is 13.2. The van der Waals surface area contributed by atoms with Crippen LogP contribution in [-0.4, -0.2) is 42.0 Å². The molecule has 228 valence electrons. The molecule has 1 unspecified atom stereocenters. The van der Waals surface area contributed by atoms with Crippen molar-refractivity contribution in [2.75, 3.05) is 18.4 Å². The van der Waals surface area contributed by atoms with Crippen LogP contribution in [-0.2, 0) is 23.7 Å². The molecule has 1 heterocycles. The van der Waals surface area contributed by atoms with Crippen LogP contribution < -0.4 is 16.0 Å². The molecule has 0 radical (unpaired) electrons. The van der Waals surface area contributed by atoms with Gasteiger partial charge in [0.15, 0.2) is 0 Å². The second-order valence-corrected chi connectivity index (χ2v) is 9.92. The Morgan fingerprint density at radius 2 is 1.52 bits per heavy atom. The molecule has 1 fully saturated rings. The van der Waals surface area contributed by atoms with Gasteiger partial charge in [-0.05, 0) is 61.6 Å². The Morgan fingerprint density at radius 1 is 0.929 bits per heavy atom. The molecule has 0 aromatic heterocycles. The Kier molecular flexibility index (Phi) is 11.6. The molecule has 3 rings (SSSR count). The van der Waals surface area contributed by atoms with Gasteiger partial charge in [-0.15, -0.1) is 0 Å². The third-order valence-electron chi connectivity index (χ3n) is 6.73. The van der Waals surface area contributed by atoms with E-state index in [9.17, 15) is 35.9 Å². The van der Waals surface area contributed by atoms with Gasteiger partial charge >= 0.3 is 18.4 Å². The van der Waals surface area contributed by atoms with Gasteiger partial charge in [0.1, 0.15) is 0 Å². The average molecular weight is 597 g/mol. The number of nitrogens with one attached hydrogen (secondary N) is 3. The first-order valence-electron chi connectivity index (χ1n) is 13.6. The summed E-state index contributed by atoms with van der Waals surface area (Å²) in [7, 11) is 0. The first-order chi connectivity index (χ1) is 19.9. The lowest BCUT2D eigenvalue weighted by Gasteiger charge is -2.36. The maximum absolute atomic E-state index is 13.2. The smallest absolute Gasteiger partial charge is 0.351 e. The number of para-hydroxylation sites is 1. The number of likely N-dealkylation sites (tertiary alicyclic amines) is 1. The van der Waals surface area contributed by atoms with Crippen molar-refractivity contribution >= 4 is 17.6 Å². The molecule has 1 atom stereocenters. The molecule has 1 saturated heterocycles. The Bertz CT molecular complexity index is 1200. The summed E-state index contributed by atoms with van der Waals surface area (Å²) in [5.41, 5.74) is -2.53. The summed E-state index contributed by atoms with van der Waals surface area (Å²) in [5.74, 6) is -0.515. The van der Waals surface area contributed by atoms with E-state index in [2.05, 4.69) is 16.0 Å². The molecule has 1 aliphatic heterocycles. The zero-order valence-electron chi connectivity index (χ0n) is 23.1. The van der Waals surface area contributed by atoms with Crippen LogP contribution in [0.3, 0.4) is 0 Å². The second-order valence-electron chi connectivity index (χ2n) is 9.92. The number of carbonyl (C=O) groups excluding carboxylic acids is 2. The molecule has 2 aromatic carbocycles. The molecular formula is C30H34F6N4O2. The summed E-state index contributed by atoms with van der Waals surface area (Å²) < 4.78 is 79.5. The van der Waals surface area contributed by atoms with Gasteiger partial charge in [-0.25, -0.2) is 4.79 Å². The molecule has 12 heteroatoms. The number of carbonyl (C=O) groups is 2. The summed E-state index contributed by atoms with van der Waals surface area (Å²) in [4.78, 5) is 27.5. The van der Waals surface area contributed by atoms with Crippen molar-refractivity contribution in [3.63, 3.8) is 0 Å². The van der Waals surface area contributed by atoms with Crippen molar-refractivity contribution in [3.8, 4) is 0 Å². The number of rotatable bonds is 10. The standard InChI is InChI=1S/C30H34F6N4O2/c1-2-3-4-5-9-12-26(40-15-13-25(14-16-40)39-28(42)38-24-10-7-6-8-11-24)27(41)37-20-21-17-22(29(31,32)33)19-23(18-21)30(34,35)36/h3-11,17-19,25-26H,2,12-16,20H2,1H3,(H,37,41)(H2,38,39,42)/b4-3-,9-5-. The van der Waals surface area contributed by atoms with Gasteiger partial charge in [-0.2, -0.15) is 26.3 Å². The minimum absolute atomic E-state index is 0.0566. The van der Waals surface area contributed by atoms with Crippen LogP contribution >= 0.6 is 0 Å². The van der Waals surface area contributed by atoms with Crippen LogP contribution in [0.15, 0.2) is 72.8 Å². The van der Waals surface area contributed by atoms with Crippen LogP contribution in [0.5, 0.6) is 0 Å². The minimum Gasteiger partial charge on any atom is -0.351 e. The Hall–Kier alpha value is -3.80. The Labute approximate surface area is 240 Å². The number of hydrogen-bond acceptors (Lipinski definition) is 3. The SMILES string of the molecule is CC/C=C\C=C/CC(C(=O)NCc1cc(C(F)(F)F)cc(C(F)(F)F)c1)N1CCC(NC(=O)Nc2ccccc2)CC1. The first kappa shape index (κ1) is 32.7. The van der Waals surface area contributed by atoms with E-state index in [0.717, 1.165) is 6.42 Å². The van der Waals surface area contributed by atoms with Crippen LogP contribution in [0.2, 0.25) is 0 Å². The van der Waals surface area contributed by atoms with Gasteiger partial charge in [0.25, 0.3) is 0 Å². The van der Waals surface area contributed by atoms with Crippen LogP contribution in [0, 0.1) is 0 Å². The molecule has 3 N–H and O–H groups in total. The number of halogens is 6. The van der Waals surface area contributed by atoms with Crippen LogP contribution in [0.25, 0.3) is 0 Å². The summed E-state index contributed by atoms with van der Waals surface area (Å²) in [5, 5.41) is 8.21. The number of urea groups is 1. The number of anilines is 1. The highest BCUT2D eigenvalue weighted by Crippen LogP contribution is 2.36. The highest BCUT2D eigenvalue weighted by molar-refractivity contribution is 5.89. The van der Waals surface area contributed by atoms with E-state index in [-0.39, 0.29) is 30.1 Å². The molecule has 1 aliphatic rings. The van der Waals surface area contributed by atoms with Gasteiger partial charge in [-0.1, -0.05) is 49.4 Å². The Morgan fingerprint density at radius 3 is 2.10 bits per heavy atom. The number of hydrogen-bond donors (Lipinski definition) is 3. The predicted octanol–water partition coefficient (Wildman–Crippen LogP) is 6.91. The van der Waals surface area contributed by atoms with E-state index >= 15 is 0 Å². The van der Waals surface area contributed by atoms with Crippen molar-refractivity contribution in [3.05, 3.63) is 89.5 Å². The van der Waals surface area contributed by atoms with E-state index < -0.39 is 42.0 Å². The lowest BCUT2D eigenvalue weighted by Crippen LogP contribution is -2.53. The lowest BCUT2D eigenvalue weighted by atomic mass is 10.0. The molecule has 2 aromatic rings. The number of allylic oxidation sites excluding steroid dienone is 3. The number of piperidine rings is 1. The van der Waals surface area contributed by atoms with Crippen LogP contribution in [0.4, 0.5) is 36.8 Å². The predicted molar refractivity (Wildman–Crippen MR) is 148 cm³/mol. The van der Waals surface area contributed by atoms with Crippen LogP contribution in [0.1, 0.15) is 49.3 Å². The van der Waals surface area contributed by atoms with Gasteiger partial charge in [0.2, 0.25) is 5.91 Å². The summed E-state index contributed by atoms with van der Waals surface area (Å²) in [6, 6.07) is 9.04. The average Bonchev–Trinajstić information content (AvgIpc) is 2.94. The maximum Gasteiger partial charge on any atom is 0.416 e. The molecule has 0 saturated carbocycles. The highest BCUT2D eigenvalue weighted by Gasteiger charge is 2.37. The number of nitrogens with zero attached hydrogens (tertiary/aromatic N) is 1. The Balaban J connectivity index is 1.66. The lowest BCUT2D eigenvalue weighted by molar-refractivity contribution is -0.143.